The monoisotopic (exact) mass is 475 g/mol. The summed E-state index contributed by atoms with van der Waals surface area (Å²) in [6.45, 7) is 5.59. The third-order valence-corrected chi connectivity index (χ3v) is 8.20. The topological polar surface area (TPSA) is 62.7 Å². The number of nitrogens with zero attached hydrogens (tertiary/aromatic N) is 3. The molecule has 3 heterocycles. The van der Waals surface area contributed by atoms with E-state index in [1.165, 1.54) is 0 Å². The van der Waals surface area contributed by atoms with E-state index in [4.69, 9.17) is 4.74 Å². The lowest BCUT2D eigenvalue weighted by Crippen LogP contribution is -2.59. The van der Waals surface area contributed by atoms with Crippen molar-refractivity contribution in [2.24, 2.45) is 0 Å². The van der Waals surface area contributed by atoms with Gasteiger partial charge in [-0.05, 0) is 25.0 Å². The average molecular weight is 476 g/mol. The molecule has 7 heteroatoms. The van der Waals surface area contributed by atoms with E-state index in [1.54, 1.807) is 11.3 Å². The van der Waals surface area contributed by atoms with Crippen LogP contribution in [0.5, 0.6) is 0 Å². The van der Waals surface area contributed by atoms with E-state index in [9.17, 15) is 9.59 Å². The van der Waals surface area contributed by atoms with E-state index in [2.05, 4.69) is 24.0 Å². The van der Waals surface area contributed by atoms with Crippen LogP contribution in [0.15, 0.2) is 66.0 Å². The molecule has 2 saturated heterocycles. The predicted molar refractivity (Wildman–Crippen MR) is 131 cm³/mol. The average Bonchev–Trinajstić information content (AvgIpc) is 3.35. The van der Waals surface area contributed by atoms with Gasteiger partial charge in [0.2, 0.25) is 5.91 Å². The normalized spacial score (nSPS) is 21.6. The summed E-state index contributed by atoms with van der Waals surface area (Å²) in [5.74, 6) is 0.113. The molecule has 0 N–H and O–H groups in total. The number of rotatable bonds is 5. The van der Waals surface area contributed by atoms with Crippen molar-refractivity contribution in [3.05, 3.63) is 87.9 Å². The molecule has 176 valence electrons. The Kier molecular flexibility index (Phi) is 5.90. The van der Waals surface area contributed by atoms with E-state index >= 15 is 0 Å². The summed E-state index contributed by atoms with van der Waals surface area (Å²) in [5.41, 5.74) is 1.54. The highest BCUT2D eigenvalue weighted by Crippen LogP contribution is 2.52. The first-order valence-corrected chi connectivity index (χ1v) is 12.6. The summed E-state index contributed by atoms with van der Waals surface area (Å²) in [6, 6.07) is 19.9. The Bertz CT molecular complexity index is 1170. The van der Waals surface area contributed by atoms with Crippen LogP contribution in [0.1, 0.15) is 41.6 Å². The van der Waals surface area contributed by atoms with Gasteiger partial charge in [0.05, 0.1) is 23.7 Å². The van der Waals surface area contributed by atoms with Crippen molar-refractivity contribution in [1.29, 1.82) is 0 Å². The molecule has 0 aliphatic carbocycles. The molecule has 2 fully saturated rings. The molecule has 1 aromatic heterocycles. The van der Waals surface area contributed by atoms with Crippen molar-refractivity contribution in [2.45, 2.75) is 50.8 Å². The van der Waals surface area contributed by atoms with Crippen molar-refractivity contribution in [3.8, 4) is 0 Å². The molecule has 1 atom stereocenters. The Labute approximate surface area is 204 Å². The molecule has 2 aliphatic rings. The number of carbonyl (C=O) groups excluding carboxylic acids is 2. The molecule has 34 heavy (non-hydrogen) atoms. The largest absolute Gasteiger partial charge is 0.440 e. The van der Waals surface area contributed by atoms with Crippen LogP contribution < -0.4 is 0 Å². The minimum atomic E-state index is -0.708. The number of aryl methyl sites for hydroxylation is 1. The van der Waals surface area contributed by atoms with Gasteiger partial charge in [-0.2, -0.15) is 0 Å². The smallest absolute Gasteiger partial charge is 0.411 e. The van der Waals surface area contributed by atoms with Crippen molar-refractivity contribution in [1.82, 2.24) is 14.8 Å². The van der Waals surface area contributed by atoms with Gasteiger partial charge in [0.15, 0.2) is 0 Å². The lowest BCUT2D eigenvalue weighted by Gasteiger charge is -2.48. The molecule has 1 unspecified atom stereocenters. The van der Waals surface area contributed by atoms with E-state index < -0.39 is 11.1 Å². The molecule has 1 spiro atoms. The van der Waals surface area contributed by atoms with Gasteiger partial charge in [-0.1, -0.05) is 60.7 Å². The molecular weight excluding hydrogens is 446 g/mol. The van der Waals surface area contributed by atoms with Crippen LogP contribution in [0.2, 0.25) is 0 Å². The highest BCUT2D eigenvalue weighted by atomic mass is 32.1. The number of thiazole rings is 1. The van der Waals surface area contributed by atoms with Crippen molar-refractivity contribution in [3.63, 3.8) is 0 Å². The summed E-state index contributed by atoms with van der Waals surface area (Å²) in [5, 5.41) is 2.98. The zero-order valence-corrected chi connectivity index (χ0v) is 20.4. The van der Waals surface area contributed by atoms with Gasteiger partial charge in [-0.3, -0.25) is 9.69 Å². The fourth-order valence-corrected chi connectivity index (χ4v) is 5.99. The van der Waals surface area contributed by atoms with Gasteiger partial charge < -0.3 is 9.64 Å². The molecule has 6 nitrogen and oxygen atoms in total. The van der Waals surface area contributed by atoms with E-state index in [1.807, 2.05) is 70.6 Å². The predicted octanol–water partition coefficient (Wildman–Crippen LogP) is 4.92. The van der Waals surface area contributed by atoms with Gasteiger partial charge in [-0.25, -0.2) is 9.78 Å². The fraction of sp³-hybridized carbons (Fsp3) is 0.370. The van der Waals surface area contributed by atoms with Gasteiger partial charge in [0.25, 0.3) is 0 Å². The van der Waals surface area contributed by atoms with Crippen molar-refractivity contribution in [2.75, 3.05) is 13.1 Å². The third-order valence-electron chi connectivity index (χ3n) is 7.37. The third kappa shape index (κ3) is 3.88. The second kappa shape index (κ2) is 8.87. The lowest BCUT2D eigenvalue weighted by atomic mass is 9.70. The number of piperidine rings is 1. The number of amides is 2. The Morgan fingerprint density at radius 2 is 1.71 bits per heavy atom. The summed E-state index contributed by atoms with van der Waals surface area (Å²) in [7, 11) is 0. The molecule has 3 aromatic rings. The van der Waals surface area contributed by atoms with Crippen molar-refractivity contribution < 1.29 is 14.3 Å². The lowest BCUT2D eigenvalue weighted by molar-refractivity contribution is -0.136. The van der Waals surface area contributed by atoms with Gasteiger partial charge >= 0.3 is 6.09 Å². The Morgan fingerprint density at radius 3 is 2.32 bits per heavy atom. The highest BCUT2D eigenvalue weighted by molar-refractivity contribution is 7.09. The molecule has 0 saturated carbocycles. The second-order valence-corrected chi connectivity index (χ2v) is 10.3. The number of ether oxygens (including phenoxy) is 1. The van der Waals surface area contributed by atoms with Gasteiger partial charge in [0.1, 0.15) is 11.1 Å². The maximum Gasteiger partial charge on any atom is 0.411 e. The number of benzene rings is 2. The molecule has 2 amide bonds. The van der Waals surface area contributed by atoms with Crippen LogP contribution in [0.3, 0.4) is 0 Å². The van der Waals surface area contributed by atoms with Crippen LogP contribution in [0.4, 0.5) is 4.79 Å². The van der Waals surface area contributed by atoms with Crippen molar-refractivity contribution >= 4 is 23.3 Å². The second-order valence-electron chi connectivity index (χ2n) is 9.29. The summed E-state index contributed by atoms with van der Waals surface area (Å²) in [4.78, 5) is 34.6. The highest BCUT2D eigenvalue weighted by Gasteiger charge is 2.63. The number of hydrogen-bond acceptors (Lipinski definition) is 5. The number of likely N-dealkylation sites (tertiary alicyclic amines) is 1. The number of hydrogen-bond donors (Lipinski definition) is 0. The quantitative estimate of drug-likeness (QED) is 0.525. The maximum absolute atomic E-state index is 13.3. The maximum atomic E-state index is 13.3. The Balaban J connectivity index is 1.41. The first-order chi connectivity index (χ1) is 16.4. The molecule has 5 rings (SSSR count). The van der Waals surface area contributed by atoms with Crippen LogP contribution in [0.25, 0.3) is 0 Å². The van der Waals surface area contributed by atoms with E-state index in [0.29, 0.717) is 38.9 Å². The molecular formula is C27H29N3O3S. The first-order valence-electron chi connectivity index (χ1n) is 11.7. The summed E-state index contributed by atoms with van der Waals surface area (Å²) in [6.07, 6.45) is 1.26. The summed E-state index contributed by atoms with van der Waals surface area (Å²) < 4.78 is 6.22. The zero-order valence-electron chi connectivity index (χ0n) is 19.6. The van der Waals surface area contributed by atoms with Crippen LogP contribution in [-0.4, -0.2) is 45.5 Å². The van der Waals surface area contributed by atoms with Gasteiger partial charge in [0, 0.05) is 31.3 Å². The zero-order chi connectivity index (χ0) is 23.8. The standard InChI is InChI=1S/C27H29N3O3S/c1-20-28-23(19-34-20)18-30-25(32)33-27(26(30,2)22-11-7-4-8-12-22)13-15-29(16-14-27)24(31)17-21-9-5-3-6-10-21/h3-12,19H,13-18H2,1-2H3. The minimum absolute atomic E-state index is 0.113. The molecule has 0 radical (unpaired) electrons. The van der Waals surface area contributed by atoms with Gasteiger partial charge in [-0.15, -0.1) is 11.3 Å². The molecule has 2 aliphatic heterocycles. The van der Waals surface area contributed by atoms with E-state index in [0.717, 1.165) is 21.8 Å². The fourth-order valence-electron chi connectivity index (χ4n) is 5.39. The Hall–Kier alpha value is -3.19. The number of aromatic nitrogens is 1. The summed E-state index contributed by atoms with van der Waals surface area (Å²) >= 11 is 1.58. The van der Waals surface area contributed by atoms with E-state index in [-0.39, 0.29) is 12.0 Å². The minimum Gasteiger partial charge on any atom is -0.440 e. The Morgan fingerprint density at radius 1 is 1.06 bits per heavy atom. The molecule has 0 bridgehead atoms. The first kappa shape index (κ1) is 22.6. The van der Waals surface area contributed by atoms with Crippen LogP contribution >= 0.6 is 11.3 Å². The van der Waals surface area contributed by atoms with Crippen LogP contribution in [-0.2, 0) is 28.0 Å². The number of carbonyl (C=O) groups is 2. The van der Waals surface area contributed by atoms with Crippen LogP contribution in [0, 0.1) is 6.92 Å². The SMILES string of the molecule is Cc1nc(CN2C(=O)OC3(CCN(C(=O)Cc4ccccc4)CC3)C2(C)c2ccccc2)cs1. The molecule has 2 aromatic carbocycles.